The van der Waals surface area contributed by atoms with E-state index in [-0.39, 0.29) is 19.1 Å². The minimum atomic E-state index is -0.995. The van der Waals surface area contributed by atoms with Crippen LogP contribution in [-0.2, 0) is 28.6 Å². The molecule has 0 rings (SSSR count). The number of carbonyl (C=O) groups excluding carboxylic acids is 3. The van der Waals surface area contributed by atoms with Crippen LogP contribution in [0.2, 0.25) is 0 Å². The lowest BCUT2D eigenvalue weighted by Crippen LogP contribution is -2.33. The minimum absolute atomic E-state index is 0.194. The predicted molar refractivity (Wildman–Crippen MR) is 80.9 cm³/mol. The molecule has 0 spiro atoms. The van der Waals surface area contributed by atoms with Gasteiger partial charge in [0.25, 0.3) is 0 Å². The van der Waals surface area contributed by atoms with E-state index < -0.39 is 23.8 Å². The Labute approximate surface area is 131 Å². The number of allylic oxidation sites excluding steroid dienone is 1. The van der Waals surface area contributed by atoms with Crippen LogP contribution < -0.4 is 0 Å². The number of rotatable bonds is 9. The summed E-state index contributed by atoms with van der Waals surface area (Å²) in [6.45, 7) is 9.26. The largest absolute Gasteiger partial charge is 0.465 e. The zero-order valence-corrected chi connectivity index (χ0v) is 14.0. The molecular weight excluding hydrogens is 288 g/mol. The van der Waals surface area contributed by atoms with Crippen LogP contribution in [-0.4, -0.2) is 37.7 Å². The van der Waals surface area contributed by atoms with Crippen LogP contribution in [0.15, 0.2) is 11.6 Å². The summed E-state index contributed by atoms with van der Waals surface area (Å²) >= 11 is 0. The molecule has 0 aliphatic carbocycles. The number of esters is 3. The molecule has 0 aromatic carbocycles. The number of carbonyl (C=O) groups is 3. The highest BCUT2D eigenvalue weighted by atomic mass is 16.6. The van der Waals surface area contributed by atoms with E-state index in [1.54, 1.807) is 34.6 Å². The van der Waals surface area contributed by atoms with Gasteiger partial charge in [0.1, 0.15) is 0 Å². The summed E-state index contributed by atoms with van der Waals surface area (Å²) in [7, 11) is 0. The van der Waals surface area contributed by atoms with Crippen molar-refractivity contribution in [2.24, 2.45) is 11.8 Å². The monoisotopic (exact) mass is 314 g/mol. The molecule has 0 N–H and O–H groups in total. The van der Waals surface area contributed by atoms with Crippen LogP contribution in [0, 0.1) is 11.8 Å². The third-order valence-electron chi connectivity index (χ3n) is 2.94. The van der Waals surface area contributed by atoms with E-state index >= 15 is 0 Å². The Balaban J connectivity index is 4.95. The second-order valence-electron chi connectivity index (χ2n) is 4.91. The van der Waals surface area contributed by atoms with Crippen LogP contribution in [0.3, 0.4) is 0 Å². The molecule has 0 heterocycles. The first-order chi connectivity index (χ1) is 10.4. The highest BCUT2D eigenvalue weighted by Crippen LogP contribution is 2.23. The molecule has 126 valence electrons. The summed E-state index contributed by atoms with van der Waals surface area (Å²) in [5.74, 6) is -2.97. The molecule has 0 radical (unpaired) electrons. The van der Waals surface area contributed by atoms with Crippen LogP contribution in [0.1, 0.15) is 41.0 Å². The molecule has 0 bridgehead atoms. The van der Waals surface area contributed by atoms with E-state index in [1.165, 1.54) is 6.08 Å². The fraction of sp³-hybridized carbons (Fsp3) is 0.688. The van der Waals surface area contributed by atoms with Gasteiger partial charge in [0, 0.05) is 6.08 Å². The average molecular weight is 314 g/mol. The molecule has 0 aliphatic rings. The van der Waals surface area contributed by atoms with Crippen LogP contribution in [0.25, 0.3) is 0 Å². The first-order valence-corrected chi connectivity index (χ1v) is 7.54. The molecule has 0 aliphatic heterocycles. The predicted octanol–water partition coefficient (Wildman–Crippen LogP) is 2.26. The first-order valence-electron chi connectivity index (χ1n) is 7.54. The van der Waals surface area contributed by atoms with Crippen molar-refractivity contribution in [2.45, 2.75) is 41.0 Å². The maximum atomic E-state index is 12.0. The number of ether oxygens (including phenoxy) is 3. The Hall–Kier alpha value is -1.85. The molecule has 0 saturated carbocycles. The third kappa shape index (κ3) is 7.24. The summed E-state index contributed by atoms with van der Waals surface area (Å²) in [5.41, 5.74) is 0.726. The van der Waals surface area contributed by atoms with Gasteiger partial charge in [-0.25, -0.2) is 4.79 Å². The van der Waals surface area contributed by atoms with Crippen molar-refractivity contribution < 1.29 is 28.6 Å². The van der Waals surface area contributed by atoms with Gasteiger partial charge in [-0.2, -0.15) is 0 Å². The molecule has 6 heteroatoms. The zero-order chi connectivity index (χ0) is 17.1. The summed E-state index contributed by atoms with van der Waals surface area (Å²) in [6.07, 6.45) is 1.76. The van der Waals surface area contributed by atoms with E-state index in [2.05, 4.69) is 0 Å². The average Bonchev–Trinajstić information content (AvgIpc) is 2.39. The Morgan fingerprint density at radius 3 is 1.77 bits per heavy atom. The first kappa shape index (κ1) is 20.1. The lowest BCUT2D eigenvalue weighted by molar-refractivity contribution is -0.164. The summed E-state index contributed by atoms with van der Waals surface area (Å²) in [5, 5.41) is 0. The van der Waals surface area contributed by atoms with Crippen molar-refractivity contribution in [3.05, 3.63) is 11.6 Å². The van der Waals surface area contributed by atoms with Crippen molar-refractivity contribution >= 4 is 17.9 Å². The van der Waals surface area contributed by atoms with Gasteiger partial charge < -0.3 is 14.2 Å². The smallest absolute Gasteiger partial charge is 0.330 e. The molecule has 0 aromatic rings. The van der Waals surface area contributed by atoms with Gasteiger partial charge in [-0.15, -0.1) is 0 Å². The number of hydrogen-bond donors (Lipinski definition) is 0. The Kier molecular flexibility index (Phi) is 9.91. The van der Waals surface area contributed by atoms with Gasteiger partial charge in [-0.1, -0.05) is 12.5 Å². The maximum Gasteiger partial charge on any atom is 0.330 e. The maximum absolute atomic E-state index is 12.0. The Morgan fingerprint density at radius 1 is 0.909 bits per heavy atom. The quantitative estimate of drug-likeness (QED) is 0.281. The minimum Gasteiger partial charge on any atom is -0.465 e. The van der Waals surface area contributed by atoms with Crippen LogP contribution >= 0.6 is 0 Å². The molecule has 0 fully saturated rings. The molecule has 0 aromatic heterocycles. The fourth-order valence-corrected chi connectivity index (χ4v) is 2.09. The highest BCUT2D eigenvalue weighted by molar-refractivity contribution is 5.95. The summed E-state index contributed by atoms with van der Waals surface area (Å²) in [4.78, 5) is 35.3. The third-order valence-corrected chi connectivity index (χ3v) is 2.94. The van der Waals surface area contributed by atoms with Gasteiger partial charge >= 0.3 is 17.9 Å². The normalized spacial score (nSPS) is 12.7. The SMILES string of the molecule is CCOC(=O)/C=C(/C)CC(C)C(C(=O)OCC)C(=O)OCC. The van der Waals surface area contributed by atoms with Crippen molar-refractivity contribution in [2.75, 3.05) is 19.8 Å². The second-order valence-corrected chi connectivity index (χ2v) is 4.91. The molecule has 1 atom stereocenters. The van der Waals surface area contributed by atoms with E-state index in [0.29, 0.717) is 13.0 Å². The Morgan fingerprint density at radius 2 is 1.36 bits per heavy atom. The standard InChI is InChI=1S/C16H26O6/c1-6-20-13(17)10-11(4)9-12(5)14(15(18)21-7-2)16(19)22-8-3/h10,12,14H,6-9H2,1-5H3/b11-10-. The van der Waals surface area contributed by atoms with Crippen LogP contribution in [0.4, 0.5) is 0 Å². The lowest BCUT2D eigenvalue weighted by Gasteiger charge is -2.21. The van der Waals surface area contributed by atoms with Gasteiger partial charge in [0.05, 0.1) is 19.8 Å². The molecule has 0 amide bonds. The van der Waals surface area contributed by atoms with Crippen molar-refractivity contribution in [3.63, 3.8) is 0 Å². The highest BCUT2D eigenvalue weighted by Gasteiger charge is 2.34. The topological polar surface area (TPSA) is 78.9 Å². The van der Waals surface area contributed by atoms with E-state index in [1.807, 2.05) is 0 Å². The zero-order valence-electron chi connectivity index (χ0n) is 14.0. The number of hydrogen-bond acceptors (Lipinski definition) is 6. The molecule has 6 nitrogen and oxygen atoms in total. The van der Waals surface area contributed by atoms with E-state index in [9.17, 15) is 14.4 Å². The lowest BCUT2D eigenvalue weighted by atomic mass is 9.88. The summed E-state index contributed by atoms with van der Waals surface area (Å²) in [6, 6.07) is 0. The fourth-order valence-electron chi connectivity index (χ4n) is 2.09. The van der Waals surface area contributed by atoms with Crippen molar-refractivity contribution in [1.29, 1.82) is 0 Å². The van der Waals surface area contributed by atoms with Gasteiger partial charge in [0.2, 0.25) is 0 Å². The molecule has 1 unspecified atom stereocenters. The van der Waals surface area contributed by atoms with E-state index in [4.69, 9.17) is 14.2 Å². The summed E-state index contributed by atoms with van der Waals surface area (Å²) < 4.78 is 14.7. The Bertz CT molecular complexity index is 395. The second kappa shape index (κ2) is 10.8. The van der Waals surface area contributed by atoms with Crippen LogP contribution in [0.5, 0.6) is 0 Å². The van der Waals surface area contributed by atoms with Gasteiger partial charge in [-0.05, 0) is 40.0 Å². The molecular formula is C16H26O6. The van der Waals surface area contributed by atoms with Gasteiger partial charge in [0.15, 0.2) is 5.92 Å². The molecule has 22 heavy (non-hydrogen) atoms. The van der Waals surface area contributed by atoms with Gasteiger partial charge in [-0.3, -0.25) is 9.59 Å². The van der Waals surface area contributed by atoms with E-state index in [0.717, 1.165) is 5.57 Å². The van der Waals surface area contributed by atoms with Crippen molar-refractivity contribution in [1.82, 2.24) is 0 Å². The molecule has 0 saturated heterocycles. The van der Waals surface area contributed by atoms with Crippen molar-refractivity contribution in [3.8, 4) is 0 Å².